The monoisotopic (exact) mass is 332 g/mol. The van der Waals surface area contributed by atoms with Crippen LogP contribution in [-0.2, 0) is 4.74 Å². The first kappa shape index (κ1) is 17.0. The van der Waals surface area contributed by atoms with Crippen molar-refractivity contribution in [3.05, 3.63) is 17.5 Å². The number of nitrogens with zero attached hydrogens (tertiary/aromatic N) is 3. The summed E-state index contributed by atoms with van der Waals surface area (Å²) in [6, 6.07) is 2.08. The Morgan fingerprint density at radius 1 is 1.33 bits per heavy atom. The molecule has 1 aliphatic carbocycles. The Bertz CT molecular complexity index is 614. The summed E-state index contributed by atoms with van der Waals surface area (Å²) < 4.78 is 5.59. The maximum absolute atomic E-state index is 12.6. The first-order chi connectivity index (χ1) is 11.2. The van der Waals surface area contributed by atoms with Crippen LogP contribution in [-0.4, -0.2) is 45.7 Å². The third-order valence-electron chi connectivity index (χ3n) is 4.68. The summed E-state index contributed by atoms with van der Waals surface area (Å²) in [4.78, 5) is 23.3. The Balaban J connectivity index is 1.67. The Morgan fingerprint density at radius 3 is 2.50 bits per heavy atom. The van der Waals surface area contributed by atoms with E-state index in [0.717, 1.165) is 24.4 Å². The molecule has 1 saturated carbocycles. The first-order valence-electron chi connectivity index (χ1n) is 8.72. The number of carbonyl (C=O) groups is 1. The van der Waals surface area contributed by atoms with Crippen LogP contribution in [0.25, 0.3) is 0 Å². The molecule has 2 fully saturated rings. The molecule has 1 saturated heterocycles. The van der Waals surface area contributed by atoms with Gasteiger partial charge in [0.05, 0.1) is 6.04 Å². The summed E-state index contributed by atoms with van der Waals surface area (Å²) in [5.74, 6) is 0.633. The Labute approximate surface area is 144 Å². The van der Waals surface area contributed by atoms with Crippen molar-refractivity contribution in [2.75, 3.05) is 18.4 Å². The molecule has 1 aromatic rings. The van der Waals surface area contributed by atoms with Gasteiger partial charge in [-0.3, -0.25) is 0 Å². The van der Waals surface area contributed by atoms with E-state index in [4.69, 9.17) is 4.74 Å². The van der Waals surface area contributed by atoms with Crippen LogP contribution in [0.4, 0.5) is 10.7 Å². The van der Waals surface area contributed by atoms with Crippen molar-refractivity contribution in [3.63, 3.8) is 0 Å². The van der Waals surface area contributed by atoms with Gasteiger partial charge in [0.25, 0.3) is 0 Å². The van der Waals surface area contributed by atoms with Crippen LogP contribution in [0.1, 0.15) is 51.4 Å². The van der Waals surface area contributed by atoms with Crippen molar-refractivity contribution in [3.8, 4) is 0 Å². The minimum atomic E-state index is -0.467. The van der Waals surface area contributed by atoms with Crippen molar-refractivity contribution in [2.24, 2.45) is 5.41 Å². The van der Waals surface area contributed by atoms with Gasteiger partial charge in [-0.2, -0.15) is 0 Å². The second kappa shape index (κ2) is 5.90. The van der Waals surface area contributed by atoms with Crippen LogP contribution in [0.3, 0.4) is 0 Å². The Hall–Kier alpha value is -1.85. The molecule has 1 spiro atoms. The highest BCUT2D eigenvalue weighted by atomic mass is 16.6. The third-order valence-corrected chi connectivity index (χ3v) is 4.68. The largest absolute Gasteiger partial charge is 0.444 e. The van der Waals surface area contributed by atoms with Crippen LogP contribution in [0.5, 0.6) is 0 Å². The second-order valence-corrected chi connectivity index (χ2v) is 8.32. The SMILES string of the molecule is Cc1cc(C)nc(NCC2CC3(CC3)CN2C(=O)OC(C)(C)C)n1. The lowest BCUT2D eigenvalue weighted by Gasteiger charge is -2.28. The second-order valence-electron chi connectivity index (χ2n) is 8.32. The zero-order valence-electron chi connectivity index (χ0n) is 15.3. The zero-order chi connectivity index (χ0) is 17.5. The molecule has 132 valence electrons. The highest BCUT2D eigenvalue weighted by Gasteiger charge is 2.53. The lowest BCUT2D eigenvalue weighted by Crippen LogP contribution is -2.42. The van der Waals surface area contributed by atoms with Gasteiger partial charge in [0.1, 0.15) is 5.60 Å². The van der Waals surface area contributed by atoms with Gasteiger partial charge in [0.15, 0.2) is 0 Å². The zero-order valence-corrected chi connectivity index (χ0v) is 15.3. The van der Waals surface area contributed by atoms with Gasteiger partial charge < -0.3 is 15.0 Å². The Morgan fingerprint density at radius 2 is 1.96 bits per heavy atom. The van der Waals surface area contributed by atoms with Gasteiger partial charge in [-0.05, 0) is 65.4 Å². The molecule has 6 nitrogen and oxygen atoms in total. The molecule has 0 aromatic carbocycles. The number of nitrogens with one attached hydrogen (secondary N) is 1. The molecule has 1 aromatic heterocycles. The van der Waals surface area contributed by atoms with E-state index in [0.29, 0.717) is 17.9 Å². The van der Waals surface area contributed by atoms with Gasteiger partial charge in [-0.15, -0.1) is 0 Å². The van der Waals surface area contributed by atoms with E-state index in [-0.39, 0.29) is 12.1 Å². The smallest absolute Gasteiger partial charge is 0.410 e. The third kappa shape index (κ3) is 3.97. The van der Waals surface area contributed by atoms with Gasteiger partial charge in [-0.25, -0.2) is 14.8 Å². The number of hydrogen-bond acceptors (Lipinski definition) is 5. The quantitative estimate of drug-likeness (QED) is 0.920. The summed E-state index contributed by atoms with van der Waals surface area (Å²) in [5.41, 5.74) is 1.75. The fourth-order valence-corrected chi connectivity index (χ4v) is 3.43. The fourth-order valence-electron chi connectivity index (χ4n) is 3.43. The van der Waals surface area contributed by atoms with Gasteiger partial charge in [0.2, 0.25) is 5.95 Å². The van der Waals surface area contributed by atoms with Crippen molar-refractivity contribution in [1.82, 2.24) is 14.9 Å². The predicted octanol–water partition coefficient (Wildman–Crippen LogP) is 3.29. The number of carbonyl (C=O) groups excluding carboxylic acids is 1. The van der Waals surface area contributed by atoms with E-state index in [2.05, 4.69) is 15.3 Å². The highest BCUT2D eigenvalue weighted by Crippen LogP contribution is 2.54. The lowest BCUT2D eigenvalue weighted by molar-refractivity contribution is 0.0228. The number of anilines is 1. The molecule has 1 N–H and O–H groups in total. The van der Waals surface area contributed by atoms with Crippen LogP contribution in [0.2, 0.25) is 0 Å². The highest BCUT2D eigenvalue weighted by molar-refractivity contribution is 5.69. The van der Waals surface area contributed by atoms with Crippen molar-refractivity contribution < 1.29 is 9.53 Å². The molecule has 24 heavy (non-hydrogen) atoms. The normalized spacial score (nSPS) is 21.9. The predicted molar refractivity (Wildman–Crippen MR) is 93.0 cm³/mol. The summed E-state index contributed by atoms with van der Waals surface area (Å²) >= 11 is 0. The molecule has 0 bridgehead atoms. The molecule has 1 amide bonds. The molecular formula is C18H28N4O2. The number of amides is 1. The molecule has 1 atom stereocenters. The van der Waals surface area contributed by atoms with E-state index >= 15 is 0 Å². The molecule has 1 aliphatic heterocycles. The van der Waals surface area contributed by atoms with E-state index in [1.807, 2.05) is 45.6 Å². The van der Waals surface area contributed by atoms with Gasteiger partial charge in [0, 0.05) is 24.5 Å². The van der Waals surface area contributed by atoms with E-state index in [9.17, 15) is 4.79 Å². The molecule has 3 rings (SSSR count). The number of ether oxygens (including phenoxy) is 1. The van der Waals surface area contributed by atoms with Gasteiger partial charge >= 0.3 is 6.09 Å². The number of aryl methyl sites for hydroxylation is 2. The van der Waals surface area contributed by atoms with Gasteiger partial charge in [-0.1, -0.05) is 0 Å². The van der Waals surface area contributed by atoms with Crippen LogP contribution < -0.4 is 5.32 Å². The summed E-state index contributed by atoms with van der Waals surface area (Å²) in [6.45, 7) is 11.1. The summed E-state index contributed by atoms with van der Waals surface area (Å²) in [6.07, 6.45) is 3.25. The van der Waals surface area contributed by atoms with Crippen LogP contribution in [0, 0.1) is 19.3 Å². The topological polar surface area (TPSA) is 67.4 Å². The number of hydrogen-bond donors (Lipinski definition) is 1. The average Bonchev–Trinajstić information content (AvgIpc) is 3.06. The van der Waals surface area contributed by atoms with Crippen molar-refractivity contribution in [2.45, 2.75) is 65.5 Å². The van der Waals surface area contributed by atoms with Crippen LogP contribution >= 0.6 is 0 Å². The van der Waals surface area contributed by atoms with E-state index in [1.54, 1.807) is 0 Å². The molecular weight excluding hydrogens is 304 g/mol. The fraction of sp³-hybridized carbons (Fsp3) is 0.722. The number of likely N-dealkylation sites (tertiary alicyclic amines) is 1. The molecule has 1 unspecified atom stereocenters. The Kier molecular flexibility index (Phi) is 4.18. The minimum absolute atomic E-state index is 0.131. The first-order valence-corrected chi connectivity index (χ1v) is 8.72. The van der Waals surface area contributed by atoms with E-state index < -0.39 is 5.60 Å². The maximum atomic E-state index is 12.6. The molecule has 0 radical (unpaired) electrons. The molecule has 6 heteroatoms. The van der Waals surface area contributed by atoms with Crippen LogP contribution in [0.15, 0.2) is 6.07 Å². The maximum Gasteiger partial charge on any atom is 0.410 e. The minimum Gasteiger partial charge on any atom is -0.444 e. The average molecular weight is 332 g/mol. The summed E-state index contributed by atoms with van der Waals surface area (Å²) in [5, 5.41) is 3.31. The standard InChI is InChI=1S/C18H28N4O2/c1-12-8-13(2)21-15(20-12)19-10-14-9-18(6-7-18)11-22(14)16(23)24-17(3,4)5/h8,14H,6-7,9-11H2,1-5H3,(H,19,20,21). The van der Waals surface area contributed by atoms with Crippen molar-refractivity contribution in [1.29, 1.82) is 0 Å². The van der Waals surface area contributed by atoms with E-state index in [1.165, 1.54) is 12.8 Å². The summed E-state index contributed by atoms with van der Waals surface area (Å²) in [7, 11) is 0. The molecule has 2 heterocycles. The number of aromatic nitrogens is 2. The number of rotatable bonds is 3. The molecule has 2 aliphatic rings. The lowest BCUT2D eigenvalue weighted by atomic mass is 10.0. The van der Waals surface area contributed by atoms with Crippen molar-refractivity contribution >= 4 is 12.0 Å².